The number of halogens is 1. The van der Waals surface area contributed by atoms with Gasteiger partial charge in [0.05, 0.1) is 6.20 Å². The predicted molar refractivity (Wildman–Crippen MR) is 128 cm³/mol. The number of nitrogens with one attached hydrogen (secondary N) is 2. The van der Waals surface area contributed by atoms with Crippen LogP contribution >= 0.6 is 0 Å². The first-order valence-corrected chi connectivity index (χ1v) is 11.0. The maximum Gasteiger partial charge on any atom is 0.255 e. The number of anilines is 1. The number of amides is 2. The van der Waals surface area contributed by atoms with Crippen LogP contribution in [0, 0.1) is 5.82 Å². The van der Waals surface area contributed by atoms with E-state index in [4.69, 9.17) is 4.42 Å². The van der Waals surface area contributed by atoms with Gasteiger partial charge in [0.2, 0.25) is 5.91 Å². The number of aromatic nitrogens is 1. The van der Waals surface area contributed by atoms with Crippen LogP contribution in [-0.4, -0.2) is 16.8 Å². The van der Waals surface area contributed by atoms with Crippen molar-refractivity contribution >= 4 is 17.5 Å². The highest BCUT2D eigenvalue weighted by molar-refractivity contribution is 6.04. The average molecular weight is 458 g/mol. The van der Waals surface area contributed by atoms with Crippen molar-refractivity contribution in [3.05, 3.63) is 108 Å². The number of nitrogens with zero attached hydrogens (tertiary/aromatic N) is 1. The van der Waals surface area contributed by atoms with Crippen LogP contribution in [0.4, 0.5) is 10.1 Å². The van der Waals surface area contributed by atoms with Crippen molar-refractivity contribution in [1.82, 2.24) is 10.3 Å². The van der Waals surface area contributed by atoms with E-state index in [0.29, 0.717) is 43.1 Å². The van der Waals surface area contributed by atoms with Gasteiger partial charge in [-0.2, -0.15) is 0 Å². The van der Waals surface area contributed by atoms with Crippen molar-refractivity contribution < 1.29 is 18.4 Å². The van der Waals surface area contributed by atoms with Crippen LogP contribution in [0.25, 0.3) is 11.3 Å². The Kier molecular flexibility index (Phi) is 7.45. The van der Waals surface area contributed by atoms with Gasteiger partial charge in [0.1, 0.15) is 5.82 Å². The molecule has 172 valence electrons. The molecule has 0 spiro atoms. The van der Waals surface area contributed by atoms with Crippen molar-refractivity contribution in [1.29, 1.82) is 0 Å². The summed E-state index contributed by atoms with van der Waals surface area (Å²) in [5.74, 6) is 0.369. The SMILES string of the molecule is O=C(CCCc1ncc(-c2ccccc2)o1)NCc1cccc(NC(=O)c2cccc(F)c2)c1. The molecule has 6 nitrogen and oxygen atoms in total. The number of rotatable bonds is 9. The molecular weight excluding hydrogens is 433 g/mol. The Balaban J connectivity index is 1.22. The number of hydrogen-bond acceptors (Lipinski definition) is 4. The van der Waals surface area contributed by atoms with E-state index in [2.05, 4.69) is 15.6 Å². The van der Waals surface area contributed by atoms with Gasteiger partial charge in [-0.25, -0.2) is 9.37 Å². The van der Waals surface area contributed by atoms with E-state index >= 15 is 0 Å². The molecule has 1 heterocycles. The molecule has 0 saturated carbocycles. The van der Waals surface area contributed by atoms with E-state index < -0.39 is 11.7 Å². The molecule has 0 fully saturated rings. The van der Waals surface area contributed by atoms with Gasteiger partial charge in [-0.1, -0.05) is 48.5 Å². The van der Waals surface area contributed by atoms with Crippen molar-refractivity contribution in [2.75, 3.05) is 5.32 Å². The molecule has 1 aromatic heterocycles. The molecule has 4 rings (SSSR count). The minimum absolute atomic E-state index is 0.0796. The third-order valence-corrected chi connectivity index (χ3v) is 5.17. The van der Waals surface area contributed by atoms with Crippen LogP contribution in [-0.2, 0) is 17.8 Å². The number of carbonyl (C=O) groups is 2. The zero-order valence-corrected chi connectivity index (χ0v) is 18.5. The summed E-state index contributed by atoms with van der Waals surface area (Å²) < 4.78 is 19.1. The van der Waals surface area contributed by atoms with Gasteiger partial charge in [-0.05, 0) is 42.3 Å². The van der Waals surface area contributed by atoms with Gasteiger partial charge in [0.15, 0.2) is 11.7 Å². The van der Waals surface area contributed by atoms with Gasteiger partial charge >= 0.3 is 0 Å². The van der Waals surface area contributed by atoms with Crippen molar-refractivity contribution in [3.63, 3.8) is 0 Å². The van der Waals surface area contributed by atoms with E-state index in [0.717, 1.165) is 11.1 Å². The topological polar surface area (TPSA) is 84.2 Å². The van der Waals surface area contributed by atoms with Crippen molar-refractivity contribution in [2.45, 2.75) is 25.8 Å². The predicted octanol–water partition coefficient (Wildman–Crippen LogP) is 5.37. The van der Waals surface area contributed by atoms with Crippen LogP contribution in [0.15, 0.2) is 89.5 Å². The second-order valence-electron chi connectivity index (χ2n) is 7.78. The standard InChI is InChI=1S/C27H24FN3O3/c28-22-11-5-10-21(16-22)27(33)31-23-12-4-7-19(15-23)17-29-25(32)13-6-14-26-30-18-24(34-26)20-8-2-1-3-9-20/h1-5,7-12,15-16,18H,6,13-14,17H2,(H,29,32)(H,31,33). The molecule has 0 saturated heterocycles. The maximum absolute atomic E-state index is 13.3. The fourth-order valence-corrected chi connectivity index (χ4v) is 3.44. The summed E-state index contributed by atoms with van der Waals surface area (Å²) in [5.41, 5.74) is 2.61. The summed E-state index contributed by atoms with van der Waals surface area (Å²) in [4.78, 5) is 28.8. The first-order valence-electron chi connectivity index (χ1n) is 11.0. The van der Waals surface area contributed by atoms with E-state index in [-0.39, 0.29) is 11.5 Å². The van der Waals surface area contributed by atoms with E-state index in [9.17, 15) is 14.0 Å². The number of carbonyl (C=O) groups excluding carboxylic acids is 2. The summed E-state index contributed by atoms with van der Waals surface area (Å²) in [5, 5.41) is 5.63. The molecule has 0 aliphatic rings. The Hall–Kier alpha value is -4.26. The highest BCUT2D eigenvalue weighted by atomic mass is 19.1. The summed E-state index contributed by atoms with van der Waals surface area (Å²) in [6.07, 6.45) is 3.23. The van der Waals surface area contributed by atoms with Crippen LogP contribution in [0.1, 0.15) is 34.7 Å². The van der Waals surface area contributed by atoms with Crippen molar-refractivity contribution in [2.24, 2.45) is 0 Å². The highest BCUT2D eigenvalue weighted by Gasteiger charge is 2.09. The lowest BCUT2D eigenvalue weighted by Crippen LogP contribution is -2.22. The lowest BCUT2D eigenvalue weighted by Gasteiger charge is -2.09. The Morgan fingerprint density at radius 2 is 1.76 bits per heavy atom. The fourth-order valence-electron chi connectivity index (χ4n) is 3.44. The number of hydrogen-bond donors (Lipinski definition) is 2. The number of aryl methyl sites for hydroxylation is 1. The third kappa shape index (κ3) is 6.38. The molecule has 34 heavy (non-hydrogen) atoms. The minimum atomic E-state index is -0.469. The Labute approximate surface area is 196 Å². The van der Waals surface area contributed by atoms with Gasteiger partial charge in [-0.15, -0.1) is 0 Å². The Morgan fingerprint density at radius 1 is 0.941 bits per heavy atom. The average Bonchev–Trinajstić information content (AvgIpc) is 3.32. The van der Waals surface area contributed by atoms with E-state index in [1.165, 1.54) is 18.2 Å². The monoisotopic (exact) mass is 457 g/mol. The molecule has 7 heteroatoms. The van der Waals surface area contributed by atoms with Gasteiger partial charge in [0, 0.05) is 36.2 Å². The fraction of sp³-hybridized carbons (Fsp3) is 0.148. The molecule has 4 aromatic rings. The number of benzene rings is 3. The summed E-state index contributed by atoms with van der Waals surface area (Å²) in [6, 6.07) is 22.4. The molecule has 2 amide bonds. The molecule has 0 unspecified atom stereocenters. The second-order valence-corrected chi connectivity index (χ2v) is 7.78. The molecule has 3 aromatic carbocycles. The molecule has 0 aliphatic heterocycles. The molecule has 0 aliphatic carbocycles. The van der Waals surface area contributed by atoms with Gasteiger partial charge < -0.3 is 15.1 Å². The summed E-state index contributed by atoms with van der Waals surface area (Å²) >= 11 is 0. The molecular formula is C27H24FN3O3. The minimum Gasteiger partial charge on any atom is -0.441 e. The largest absolute Gasteiger partial charge is 0.441 e. The van der Waals surface area contributed by atoms with Gasteiger partial charge in [-0.3, -0.25) is 9.59 Å². The molecule has 2 N–H and O–H groups in total. The normalized spacial score (nSPS) is 10.6. The van der Waals surface area contributed by atoms with E-state index in [1.54, 1.807) is 30.5 Å². The van der Waals surface area contributed by atoms with Crippen LogP contribution in [0.3, 0.4) is 0 Å². The Morgan fingerprint density at radius 3 is 2.59 bits per heavy atom. The quantitative estimate of drug-likeness (QED) is 0.354. The van der Waals surface area contributed by atoms with Crippen molar-refractivity contribution in [3.8, 4) is 11.3 Å². The summed E-state index contributed by atoms with van der Waals surface area (Å²) in [6.45, 7) is 0.333. The van der Waals surface area contributed by atoms with Gasteiger partial charge in [0.25, 0.3) is 5.91 Å². The summed E-state index contributed by atoms with van der Waals surface area (Å²) in [7, 11) is 0. The van der Waals surface area contributed by atoms with Crippen LogP contribution < -0.4 is 10.6 Å². The second kappa shape index (κ2) is 11.0. The molecule has 0 bridgehead atoms. The smallest absolute Gasteiger partial charge is 0.255 e. The van der Waals surface area contributed by atoms with Crippen LogP contribution in [0.2, 0.25) is 0 Å². The van der Waals surface area contributed by atoms with Crippen LogP contribution in [0.5, 0.6) is 0 Å². The first kappa shape index (κ1) is 22.9. The lowest BCUT2D eigenvalue weighted by molar-refractivity contribution is -0.121. The zero-order chi connectivity index (χ0) is 23.8. The molecule has 0 atom stereocenters. The van der Waals surface area contributed by atoms with E-state index in [1.807, 2.05) is 36.4 Å². The zero-order valence-electron chi connectivity index (χ0n) is 18.5. The Bertz CT molecular complexity index is 1270. The third-order valence-electron chi connectivity index (χ3n) is 5.17. The lowest BCUT2D eigenvalue weighted by atomic mass is 10.1. The highest BCUT2D eigenvalue weighted by Crippen LogP contribution is 2.20. The number of oxazole rings is 1. The molecule has 0 radical (unpaired) electrons. The maximum atomic E-state index is 13.3. The first-order chi connectivity index (χ1) is 16.6.